The normalized spacial score (nSPS) is 11.4. The highest BCUT2D eigenvalue weighted by atomic mass is 16.5. The highest BCUT2D eigenvalue weighted by molar-refractivity contribution is 5.81. The fraction of sp³-hybridized carbons (Fsp3) is 0.286. The number of aliphatic hydroxyl groups excluding tert-OH is 1. The Kier molecular flexibility index (Phi) is 7.24. The van der Waals surface area contributed by atoms with Crippen LogP contribution >= 0.6 is 0 Å². The minimum atomic E-state index is -0.951. The molecule has 2 aromatic rings. The third kappa shape index (κ3) is 5.36. The lowest BCUT2D eigenvalue weighted by Gasteiger charge is -2.13. The van der Waals surface area contributed by atoms with Gasteiger partial charge in [0.25, 0.3) is 0 Å². The molecule has 0 saturated heterocycles. The number of hydrogen-bond acceptors (Lipinski definition) is 5. The van der Waals surface area contributed by atoms with Crippen molar-refractivity contribution < 1.29 is 24.1 Å². The summed E-state index contributed by atoms with van der Waals surface area (Å²) in [4.78, 5) is 11.6. The summed E-state index contributed by atoms with van der Waals surface area (Å²) >= 11 is 0. The number of methoxy groups -OCH3 is 2. The predicted octanol–water partition coefficient (Wildman–Crippen LogP) is 3.45. The van der Waals surface area contributed by atoms with Gasteiger partial charge < -0.3 is 19.3 Å². The van der Waals surface area contributed by atoms with Crippen LogP contribution in [-0.2, 0) is 9.53 Å². The van der Waals surface area contributed by atoms with E-state index in [1.807, 2.05) is 48.5 Å². The van der Waals surface area contributed by atoms with Crippen molar-refractivity contribution in [2.75, 3.05) is 20.8 Å². The average Bonchev–Trinajstić information content (AvgIpc) is 2.66. The minimum absolute atomic E-state index is 0.0936. The molecule has 0 spiro atoms. The summed E-state index contributed by atoms with van der Waals surface area (Å²) in [5, 5.41) is 10.3. The zero-order chi connectivity index (χ0) is 18.9. The first-order valence-corrected chi connectivity index (χ1v) is 8.41. The van der Waals surface area contributed by atoms with E-state index < -0.39 is 12.1 Å². The molecule has 5 nitrogen and oxygen atoms in total. The molecule has 1 unspecified atom stereocenters. The van der Waals surface area contributed by atoms with Crippen molar-refractivity contribution in [1.29, 1.82) is 0 Å². The fourth-order valence-electron chi connectivity index (χ4n) is 2.54. The minimum Gasteiger partial charge on any atom is -0.497 e. The molecule has 0 aliphatic rings. The second-order valence-electron chi connectivity index (χ2n) is 5.61. The first-order valence-electron chi connectivity index (χ1n) is 8.41. The van der Waals surface area contributed by atoms with Crippen LogP contribution in [0, 0.1) is 0 Å². The molecule has 2 aromatic carbocycles. The highest BCUT2D eigenvalue weighted by Crippen LogP contribution is 2.27. The summed E-state index contributed by atoms with van der Waals surface area (Å²) in [6.45, 7) is 2.03. The standard InChI is InChI=1S/C21H24O5/c1-4-26-21(23)14-17(22)13-20(15-5-9-18(24-2)10-6-15)16-7-11-19(25-3)12-8-16/h5-13,17,22H,4,14H2,1-3H3. The van der Waals surface area contributed by atoms with Crippen LogP contribution in [0.4, 0.5) is 0 Å². The van der Waals surface area contributed by atoms with Gasteiger partial charge in [0.1, 0.15) is 11.5 Å². The van der Waals surface area contributed by atoms with Gasteiger partial charge >= 0.3 is 5.97 Å². The number of hydrogen-bond donors (Lipinski definition) is 1. The van der Waals surface area contributed by atoms with Crippen LogP contribution in [0.25, 0.3) is 5.57 Å². The number of rotatable bonds is 8. The van der Waals surface area contributed by atoms with Crippen molar-refractivity contribution in [3.8, 4) is 11.5 Å². The Bertz CT molecular complexity index is 683. The van der Waals surface area contributed by atoms with E-state index in [0.29, 0.717) is 6.61 Å². The van der Waals surface area contributed by atoms with Gasteiger partial charge in [-0.25, -0.2) is 0 Å². The Hall–Kier alpha value is -2.79. The van der Waals surface area contributed by atoms with Gasteiger partial charge in [0.05, 0.1) is 33.4 Å². The van der Waals surface area contributed by atoms with Gasteiger partial charge in [-0.15, -0.1) is 0 Å². The van der Waals surface area contributed by atoms with Gasteiger partial charge in [0, 0.05) is 0 Å². The monoisotopic (exact) mass is 356 g/mol. The zero-order valence-electron chi connectivity index (χ0n) is 15.3. The van der Waals surface area contributed by atoms with E-state index in [0.717, 1.165) is 28.2 Å². The van der Waals surface area contributed by atoms with Crippen LogP contribution in [0.1, 0.15) is 24.5 Å². The molecule has 1 atom stereocenters. The largest absolute Gasteiger partial charge is 0.497 e. The van der Waals surface area contributed by atoms with Gasteiger partial charge in [0.15, 0.2) is 0 Å². The van der Waals surface area contributed by atoms with Crippen LogP contribution < -0.4 is 9.47 Å². The Labute approximate surface area is 153 Å². The molecular weight excluding hydrogens is 332 g/mol. The molecule has 5 heteroatoms. The van der Waals surface area contributed by atoms with Crippen LogP contribution in [0.5, 0.6) is 11.5 Å². The lowest BCUT2D eigenvalue weighted by Crippen LogP contribution is -2.14. The summed E-state index contributed by atoms with van der Waals surface area (Å²) in [5.41, 5.74) is 2.62. The fourth-order valence-corrected chi connectivity index (χ4v) is 2.54. The predicted molar refractivity (Wildman–Crippen MR) is 100 cm³/mol. The topological polar surface area (TPSA) is 65.0 Å². The molecule has 138 valence electrons. The maximum absolute atomic E-state index is 11.6. The Morgan fingerprint density at radius 3 is 1.81 bits per heavy atom. The van der Waals surface area contributed by atoms with Gasteiger partial charge in [-0.1, -0.05) is 24.3 Å². The second kappa shape index (κ2) is 9.63. The number of ether oxygens (including phenoxy) is 3. The van der Waals surface area contributed by atoms with Gasteiger partial charge in [-0.2, -0.15) is 0 Å². The summed E-state index contributed by atoms with van der Waals surface area (Å²) in [7, 11) is 3.22. The number of aliphatic hydroxyl groups is 1. The molecule has 0 bridgehead atoms. The molecule has 0 aliphatic carbocycles. The van der Waals surface area contributed by atoms with Crippen LogP contribution in [-0.4, -0.2) is 38.0 Å². The Morgan fingerprint density at radius 2 is 1.42 bits per heavy atom. The Morgan fingerprint density at radius 1 is 0.962 bits per heavy atom. The number of carbonyl (C=O) groups excluding carboxylic acids is 1. The summed E-state index contributed by atoms with van der Waals surface area (Å²) in [6.07, 6.45) is 0.623. The van der Waals surface area contributed by atoms with E-state index in [2.05, 4.69) is 0 Å². The molecule has 1 N–H and O–H groups in total. The molecule has 0 saturated carbocycles. The van der Waals surface area contributed by atoms with E-state index in [-0.39, 0.29) is 6.42 Å². The number of benzene rings is 2. The molecule has 0 aliphatic heterocycles. The Balaban J connectivity index is 2.36. The third-order valence-corrected chi connectivity index (χ3v) is 3.84. The van der Waals surface area contributed by atoms with Crippen LogP contribution in [0.3, 0.4) is 0 Å². The molecule has 2 rings (SSSR count). The first kappa shape index (κ1) is 19.5. The second-order valence-corrected chi connectivity index (χ2v) is 5.61. The van der Waals surface area contributed by atoms with Crippen molar-refractivity contribution >= 4 is 11.5 Å². The van der Waals surface area contributed by atoms with E-state index in [1.54, 1.807) is 27.2 Å². The summed E-state index contributed by atoms with van der Waals surface area (Å²) in [6, 6.07) is 15.0. The van der Waals surface area contributed by atoms with E-state index in [4.69, 9.17) is 14.2 Å². The smallest absolute Gasteiger partial charge is 0.308 e. The SMILES string of the molecule is CCOC(=O)CC(O)C=C(c1ccc(OC)cc1)c1ccc(OC)cc1. The van der Waals surface area contributed by atoms with Crippen molar-refractivity contribution in [1.82, 2.24) is 0 Å². The number of esters is 1. The van der Waals surface area contributed by atoms with Crippen molar-refractivity contribution in [2.24, 2.45) is 0 Å². The molecular formula is C21H24O5. The highest BCUT2D eigenvalue weighted by Gasteiger charge is 2.13. The third-order valence-electron chi connectivity index (χ3n) is 3.84. The van der Waals surface area contributed by atoms with Gasteiger partial charge in [0.2, 0.25) is 0 Å². The molecule has 0 aromatic heterocycles. The maximum atomic E-state index is 11.6. The van der Waals surface area contributed by atoms with Gasteiger partial charge in [-0.3, -0.25) is 4.79 Å². The molecule has 0 heterocycles. The van der Waals surface area contributed by atoms with E-state index in [9.17, 15) is 9.90 Å². The molecule has 0 amide bonds. The van der Waals surface area contributed by atoms with E-state index >= 15 is 0 Å². The van der Waals surface area contributed by atoms with E-state index in [1.165, 1.54) is 0 Å². The summed E-state index contributed by atoms with van der Waals surface area (Å²) < 4.78 is 15.3. The molecule has 0 radical (unpaired) electrons. The molecule has 26 heavy (non-hydrogen) atoms. The number of carbonyl (C=O) groups is 1. The summed E-state index contributed by atoms with van der Waals surface area (Å²) in [5.74, 6) is 1.06. The lowest BCUT2D eigenvalue weighted by atomic mass is 9.95. The van der Waals surface area contributed by atoms with Crippen molar-refractivity contribution in [3.63, 3.8) is 0 Å². The van der Waals surface area contributed by atoms with Crippen molar-refractivity contribution in [3.05, 3.63) is 65.7 Å². The van der Waals surface area contributed by atoms with Crippen LogP contribution in [0.2, 0.25) is 0 Å². The molecule has 0 fully saturated rings. The average molecular weight is 356 g/mol. The maximum Gasteiger partial charge on any atom is 0.308 e. The lowest BCUT2D eigenvalue weighted by molar-refractivity contribution is -0.144. The van der Waals surface area contributed by atoms with Crippen LogP contribution in [0.15, 0.2) is 54.6 Å². The van der Waals surface area contributed by atoms with Gasteiger partial charge in [-0.05, 0) is 54.0 Å². The van der Waals surface area contributed by atoms with Crippen molar-refractivity contribution in [2.45, 2.75) is 19.4 Å². The quantitative estimate of drug-likeness (QED) is 0.734. The first-order chi connectivity index (χ1) is 12.6. The zero-order valence-corrected chi connectivity index (χ0v) is 15.3.